The molecule has 0 aliphatic rings. The third-order valence-electron chi connectivity index (χ3n) is 2.20. The van der Waals surface area contributed by atoms with Crippen molar-refractivity contribution in [2.45, 2.75) is 25.6 Å². The van der Waals surface area contributed by atoms with Crippen LogP contribution in [0.15, 0.2) is 18.2 Å². The molecule has 0 aromatic heterocycles. The second-order valence-electron chi connectivity index (χ2n) is 4.64. The normalized spacial score (nSPS) is 13.6. The first-order valence-corrected chi connectivity index (χ1v) is 6.54. The predicted molar refractivity (Wildman–Crippen MR) is 72.6 cm³/mol. The molecular weight excluding hydrogens is 311 g/mol. The van der Waals surface area contributed by atoms with E-state index in [4.69, 9.17) is 23.2 Å². The lowest BCUT2D eigenvalue weighted by molar-refractivity contribution is -0.125. The van der Waals surface area contributed by atoms with Gasteiger partial charge in [-0.1, -0.05) is 59.9 Å². The molecule has 1 rings (SSSR count). The second-order valence-corrected chi connectivity index (χ2v) is 6.40. The maximum Gasteiger partial charge on any atom is 0.156 e. The zero-order chi connectivity index (χ0) is 12.5. The van der Waals surface area contributed by atoms with E-state index in [1.165, 1.54) is 0 Å². The van der Waals surface area contributed by atoms with Gasteiger partial charge in [0.15, 0.2) is 5.78 Å². The van der Waals surface area contributed by atoms with Crippen LogP contribution in [0.4, 0.5) is 0 Å². The van der Waals surface area contributed by atoms with Crippen LogP contribution in [0.5, 0.6) is 0 Å². The van der Waals surface area contributed by atoms with Gasteiger partial charge in [0, 0.05) is 15.5 Å². The molecule has 0 radical (unpaired) electrons. The standard InChI is InChI=1S/C12H13BrCl2O/c1-12(2,3)11(16)10(13)8-6-7(14)4-5-9(8)15/h4-6,10H,1-3H3. The van der Waals surface area contributed by atoms with Crippen molar-refractivity contribution in [3.05, 3.63) is 33.8 Å². The lowest BCUT2D eigenvalue weighted by atomic mass is 9.87. The molecule has 88 valence electrons. The van der Waals surface area contributed by atoms with Gasteiger partial charge >= 0.3 is 0 Å². The molecule has 0 saturated carbocycles. The number of carbonyl (C=O) groups is 1. The fourth-order valence-electron chi connectivity index (χ4n) is 1.23. The van der Waals surface area contributed by atoms with Crippen LogP contribution in [-0.2, 0) is 4.79 Å². The minimum atomic E-state index is -0.418. The van der Waals surface area contributed by atoms with Gasteiger partial charge in [0.1, 0.15) is 4.83 Å². The summed E-state index contributed by atoms with van der Waals surface area (Å²) in [5, 5.41) is 1.12. The molecule has 1 unspecified atom stereocenters. The van der Waals surface area contributed by atoms with Crippen molar-refractivity contribution >= 4 is 44.9 Å². The Balaban J connectivity index is 3.10. The molecule has 16 heavy (non-hydrogen) atoms. The molecule has 0 amide bonds. The number of ketones is 1. The summed E-state index contributed by atoms with van der Waals surface area (Å²) in [5.41, 5.74) is 0.300. The second kappa shape index (κ2) is 5.07. The molecular formula is C12H13BrCl2O. The SMILES string of the molecule is CC(C)(C)C(=O)C(Br)c1cc(Cl)ccc1Cl. The molecule has 0 bridgehead atoms. The summed E-state index contributed by atoms with van der Waals surface area (Å²) < 4.78 is 0. The van der Waals surface area contributed by atoms with Crippen LogP contribution in [0, 0.1) is 5.41 Å². The number of halogens is 3. The Morgan fingerprint density at radius 3 is 2.38 bits per heavy atom. The minimum Gasteiger partial charge on any atom is -0.297 e. The van der Waals surface area contributed by atoms with E-state index in [0.29, 0.717) is 15.6 Å². The minimum absolute atomic E-state index is 0.0802. The maximum atomic E-state index is 12.1. The van der Waals surface area contributed by atoms with E-state index in [-0.39, 0.29) is 5.78 Å². The van der Waals surface area contributed by atoms with Crippen LogP contribution in [0.1, 0.15) is 31.2 Å². The molecule has 4 heteroatoms. The maximum absolute atomic E-state index is 12.1. The lowest BCUT2D eigenvalue weighted by Crippen LogP contribution is -2.24. The summed E-state index contributed by atoms with van der Waals surface area (Å²) >= 11 is 15.3. The first-order valence-electron chi connectivity index (χ1n) is 4.87. The van der Waals surface area contributed by atoms with Crippen LogP contribution < -0.4 is 0 Å². The fraction of sp³-hybridized carbons (Fsp3) is 0.417. The molecule has 0 heterocycles. The van der Waals surface area contributed by atoms with Crippen LogP contribution in [0.2, 0.25) is 10.0 Å². The number of rotatable bonds is 2. The van der Waals surface area contributed by atoms with E-state index in [0.717, 1.165) is 0 Å². The molecule has 0 saturated heterocycles. The number of hydrogen-bond acceptors (Lipinski definition) is 1. The zero-order valence-electron chi connectivity index (χ0n) is 9.35. The van der Waals surface area contributed by atoms with E-state index in [9.17, 15) is 4.79 Å². The van der Waals surface area contributed by atoms with Crippen LogP contribution in [0.25, 0.3) is 0 Å². The summed E-state index contributed by atoms with van der Waals surface area (Å²) in [6.45, 7) is 5.63. The smallest absolute Gasteiger partial charge is 0.156 e. The lowest BCUT2D eigenvalue weighted by Gasteiger charge is -2.21. The van der Waals surface area contributed by atoms with E-state index in [2.05, 4.69) is 15.9 Å². The highest BCUT2D eigenvalue weighted by atomic mass is 79.9. The molecule has 1 nitrogen and oxygen atoms in total. The van der Waals surface area contributed by atoms with Crippen molar-refractivity contribution in [2.24, 2.45) is 5.41 Å². The molecule has 0 aliphatic carbocycles. The van der Waals surface area contributed by atoms with Crippen LogP contribution >= 0.6 is 39.1 Å². The van der Waals surface area contributed by atoms with Crippen molar-refractivity contribution in [3.8, 4) is 0 Å². The molecule has 1 atom stereocenters. The first-order chi connectivity index (χ1) is 7.23. The Morgan fingerprint density at radius 2 is 1.88 bits per heavy atom. The van der Waals surface area contributed by atoms with E-state index in [1.54, 1.807) is 18.2 Å². The fourth-order valence-corrected chi connectivity index (χ4v) is 2.83. The summed E-state index contributed by atoms with van der Waals surface area (Å²) in [6, 6.07) is 5.12. The average molecular weight is 324 g/mol. The number of benzene rings is 1. The van der Waals surface area contributed by atoms with E-state index in [1.807, 2.05) is 20.8 Å². The number of carbonyl (C=O) groups excluding carboxylic acids is 1. The average Bonchev–Trinajstić information content (AvgIpc) is 2.18. The highest BCUT2D eigenvalue weighted by molar-refractivity contribution is 9.09. The largest absolute Gasteiger partial charge is 0.297 e. The van der Waals surface area contributed by atoms with E-state index < -0.39 is 10.2 Å². The molecule has 0 spiro atoms. The number of hydrogen-bond donors (Lipinski definition) is 0. The van der Waals surface area contributed by atoms with Gasteiger partial charge in [-0.2, -0.15) is 0 Å². The Labute approximate surface area is 114 Å². The monoisotopic (exact) mass is 322 g/mol. The Kier molecular flexibility index (Phi) is 4.44. The summed E-state index contributed by atoms with van der Waals surface area (Å²) in [7, 11) is 0. The van der Waals surface area contributed by atoms with Crippen molar-refractivity contribution in [3.63, 3.8) is 0 Å². The third-order valence-corrected chi connectivity index (χ3v) is 3.69. The van der Waals surface area contributed by atoms with Crippen LogP contribution in [-0.4, -0.2) is 5.78 Å². The molecule has 0 N–H and O–H groups in total. The zero-order valence-corrected chi connectivity index (χ0v) is 12.4. The Hall–Kier alpha value is -0.0500. The highest BCUT2D eigenvalue weighted by Gasteiger charge is 2.30. The molecule has 0 fully saturated rings. The molecule has 1 aromatic carbocycles. The van der Waals surface area contributed by atoms with Gasteiger partial charge in [-0.3, -0.25) is 4.79 Å². The molecule has 1 aromatic rings. The van der Waals surface area contributed by atoms with Crippen molar-refractivity contribution in [1.29, 1.82) is 0 Å². The van der Waals surface area contributed by atoms with Gasteiger partial charge < -0.3 is 0 Å². The van der Waals surface area contributed by atoms with Gasteiger partial charge in [0.25, 0.3) is 0 Å². The van der Waals surface area contributed by atoms with Gasteiger partial charge in [-0.15, -0.1) is 0 Å². The molecule has 0 aliphatic heterocycles. The number of alkyl halides is 1. The number of Topliss-reactive ketones (excluding diaryl/α,β-unsaturated/α-hetero) is 1. The van der Waals surface area contributed by atoms with Gasteiger partial charge in [-0.05, 0) is 23.8 Å². The highest BCUT2D eigenvalue weighted by Crippen LogP contribution is 2.36. The van der Waals surface area contributed by atoms with Crippen molar-refractivity contribution in [2.75, 3.05) is 0 Å². The predicted octanol–water partition coefficient (Wildman–Crippen LogP) is 5.04. The van der Waals surface area contributed by atoms with Crippen molar-refractivity contribution in [1.82, 2.24) is 0 Å². The summed E-state index contributed by atoms with van der Waals surface area (Å²) in [6.07, 6.45) is 0. The van der Waals surface area contributed by atoms with Crippen LogP contribution in [0.3, 0.4) is 0 Å². The first kappa shape index (κ1) is 14.0. The summed E-state index contributed by atoms with van der Waals surface area (Å²) in [5.74, 6) is 0.0802. The Morgan fingerprint density at radius 1 is 1.31 bits per heavy atom. The van der Waals surface area contributed by atoms with Gasteiger partial charge in [-0.25, -0.2) is 0 Å². The topological polar surface area (TPSA) is 17.1 Å². The van der Waals surface area contributed by atoms with Gasteiger partial charge in [0.05, 0.1) is 0 Å². The third kappa shape index (κ3) is 3.22. The van der Waals surface area contributed by atoms with Gasteiger partial charge in [0.2, 0.25) is 0 Å². The Bertz CT molecular complexity index is 410. The van der Waals surface area contributed by atoms with Crippen molar-refractivity contribution < 1.29 is 4.79 Å². The van der Waals surface area contributed by atoms with E-state index >= 15 is 0 Å². The quantitative estimate of drug-likeness (QED) is 0.696. The summed E-state index contributed by atoms with van der Waals surface area (Å²) in [4.78, 5) is 11.7.